The van der Waals surface area contributed by atoms with Crippen LogP contribution in [0.4, 0.5) is 11.9 Å². The van der Waals surface area contributed by atoms with Crippen molar-refractivity contribution < 1.29 is 5.11 Å². The van der Waals surface area contributed by atoms with E-state index < -0.39 is 0 Å². The summed E-state index contributed by atoms with van der Waals surface area (Å²) in [6.45, 7) is 4.05. The Hall–Kier alpha value is -1.45. The van der Waals surface area contributed by atoms with Gasteiger partial charge in [-0.15, -0.1) is 5.10 Å². The molecular formula is C10H19N7OS. The molecule has 8 nitrogen and oxygen atoms in total. The number of aromatic nitrogens is 3. The maximum atomic E-state index is 8.75. The van der Waals surface area contributed by atoms with E-state index >= 15 is 0 Å². The number of nitrogens with zero attached hydrogens (tertiary/aromatic N) is 5. The molecule has 1 aliphatic rings. The smallest absolute Gasteiger partial charge is 0.247 e. The SMILES string of the molecule is CN1CCN(c2nc(N)n(C(=S)NCCO)n2)CC1. The molecule has 4 N–H and O–H groups in total. The maximum absolute atomic E-state index is 8.75. The average Bonchev–Trinajstić information content (AvgIpc) is 2.79. The van der Waals surface area contributed by atoms with E-state index in [-0.39, 0.29) is 12.6 Å². The van der Waals surface area contributed by atoms with Gasteiger partial charge in [0.15, 0.2) is 5.11 Å². The third-order valence-corrected chi connectivity index (χ3v) is 3.30. The molecule has 0 unspecified atom stereocenters. The van der Waals surface area contributed by atoms with Gasteiger partial charge in [-0.25, -0.2) is 0 Å². The number of piperazine rings is 1. The lowest BCUT2D eigenvalue weighted by Gasteiger charge is -2.31. The Morgan fingerprint density at radius 2 is 2.11 bits per heavy atom. The number of nitrogens with one attached hydrogen (secondary N) is 1. The molecule has 2 heterocycles. The molecule has 9 heteroatoms. The van der Waals surface area contributed by atoms with Gasteiger partial charge in [-0.2, -0.15) is 9.67 Å². The van der Waals surface area contributed by atoms with Gasteiger partial charge < -0.3 is 26.0 Å². The van der Waals surface area contributed by atoms with E-state index in [9.17, 15) is 0 Å². The fourth-order valence-electron chi connectivity index (χ4n) is 1.84. The molecule has 0 saturated carbocycles. The quantitative estimate of drug-likeness (QED) is 0.567. The van der Waals surface area contributed by atoms with Crippen LogP contribution in [0.2, 0.25) is 0 Å². The molecule has 0 amide bonds. The normalized spacial score (nSPS) is 16.6. The summed E-state index contributed by atoms with van der Waals surface area (Å²) in [6, 6.07) is 0. The van der Waals surface area contributed by atoms with Crippen molar-refractivity contribution in [2.75, 3.05) is 57.0 Å². The summed E-state index contributed by atoms with van der Waals surface area (Å²) in [5.41, 5.74) is 5.81. The summed E-state index contributed by atoms with van der Waals surface area (Å²) in [6.07, 6.45) is 0. The number of nitrogens with two attached hydrogens (primary N) is 1. The summed E-state index contributed by atoms with van der Waals surface area (Å²) in [5.74, 6) is 0.850. The highest BCUT2D eigenvalue weighted by Gasteiger charge is 2.20. The summed E-state index contributed by atoms with van der Waals surface area (Å²) >= 11 is 5.14. The molecule has 106 valence electrons. The van der Waals surface area contributed by atoms with Gasteiger partial charge in [0.25, 0.3) is 0 Å². The first kappa shape index (κ1) is 14.0. The topological polar surface area (TPSA) is 95.5 Å². The number of likely N-dealkylation sites (N-methyl/N-ethyl adjacent to an activating group) is 1. The number of nitrogen functional groups attached to an aromatic ring is 1. The highest BCUT2D eigenvalue weighted by Crippen LogP contribution is 2.13. The number of hydrogen-bond donors (Lipinski definition) is 3. The molecule has 0 radical (unpaired) electrons. The van der Waals surface area contributed by atoms with Crippen molar-refractivity contribution in [1.29, 1.82) is 0 Å². The van der Waals surface area contributed by atoms with Crippen LogP contribution in [0.15, 0.2) is 0 Å². The standard InChI is InChI=1S/C10H19N7OS/c1-15-3-5-16(6-4-15)9-13-8(11)17(14-9)10(19)12-2-7-18/h18H,2-7H2,1H3,(H,12,19)(H2,11,13,14). The first-order chi connectivity index (χ1) is 9.11. The van der Waals surface area contributed by atoms with E-state index in [1.807, 2.05) is 0 Å². The van der Waals surface area contributed by atoms with Crippen LogP contribution in [0.3, 0.4) is 0 Å². The van der Waals surface area contributed by atoms with E-state index in [0.29, 0.717) is 17.6 Å². The second-order valence-electron chi connectivity index (χ2n) is 4.43. The molecule has 0 spiro atoms. The van der Waals surface area contributed by atoms with Crippen LogP contribution >= 0.6 is 12.2 Å². The maximum Gasteiger partial charge on any atom is 0.247 e. The van der Waals surface area contributed by atoms with Crippen molar-refractivity contribution >= 4 is 29.2 Å². The van der Waals surface area contributed by atoms with E-state index in [0.717, 1.165) is 26.2 Å². The monoisotopic (exact) mass is 285 g/mol. The molecule has 2 rings (SSSR count). The minimum atomic E-state index is 0.0000583. The zero-order valence-corrected chi connectivity index (χ0v) is 11.7. The summed E-state index contributed by atoms with van der Waals surface area (Å²) in [5, 5.41) is 16.3. The van der Waals surface area contributed by atoms with Crippen molar-refractivity contribution in [3.05, 3.63) is 0 Å². The first-order valence-corrected chi connectivity index (χ1v) is 6.57. The molecule has 0 atom stereocenters. The van der Waals surface area contributed by atoms with E-state index in [2.05, 4.69) is 32.2 Å². The van der Waals surface area contributed by atoms with E-state index in [1.54, 1.807) is 0 Å². The largest absolute Gasteiger partial charge is 0.395 e. The minimum Gasteiger partial charge on any atom is -0.395 e. The van der Waals surface area contributed by atoms with Crippen LogP contribution in [-0.4, -0.2) is 76.3 Å². The van der Waals surface area contributed by atoms with Gasteiger partial charge in [-0.1, -0.05) is 0 Å². The Kier molecular flexibility index (Phi) is 4.51. The zero-order chi connectivity index (χ0) is 13.8. The van der Waals surface area contributed by atoms with Crippen molar-refractivity contribution in [2.24, 2.45) is 0 Å². The Balaban J connectivity index is 2.05. The Bertz CT molecular complexity index is 441. The number of hydrogen-bond acceptors (Lipinski definition) is 7. The first-order valence-electron chi connectivity index (χ1n) is 6.17. The lowest BCUT2D eigenvalue weighted by atomic mass is 10.3. The minimum absolute atomic E-state index is 0.0000583. The van der Waals surface area contributed by atoms with E-state index in [4.69, 9.17) is 23.1 Å². The van der Waals surface area contributed by atoms with Gasteiger partial charge in [-0.3, -0.25) is 0 Å². The Labute approximate surface area is 117 Å². The highest BCUT2D eigenvalue weighted by atomic mass is 32.1. The van der Waals surface area contributed by atoms with Crippen molar-refractivity contribution in [3.63, 3.8) is 0 Å². The van der Waals surface area contributed by atoms with Gasteiger partial charge in [0.05, 0.1) is 6.61 Å². The predicted octanol–water partition coefficient (Wildman–Crippen LogP) is -1.67. The lowest BCUT2D eigenvalue weighted by Crippen LogP contribution is -2.45. The molecule has 0 bridgehead atoms. The van der Waals surface area contributed by atoms with Crippen molar-refractivity contribution in [1.82, 2.24) is 25.0 Å². The van der Waals surface area contributed by atoms with Gasteiger partial charge >= 0.3 is 0 Å². The van der Waals surface area contributed by atoms with Crippen LogP contribution in [0.25, 0.3) is 0 Å². The van der Waals surface area contributed by atoms with Crippen LogP contribution < -0.4 is 16.0 Å². The molecule has 1 saturated heterocycles. The summed E-state index contributed by atoms with van der Waals surface area (Å²) in [4.78, 5) is 8.57. The zero-order valence-electron chi connectivity index (χ0n) is 10.9. The highest BCUT2D eigenvalue weighted by molar-refractivity contribution is 7.80. The van der Waals surface area contributed by atoms with Crippen molar-refractivity contribution in [2.45, 2.75) is 0 Å². The number of aliphatic hydroxyl groups excluding tert-OH is 1. The number of rotatable bonds is 3. The van der Waals surface area contributed by atoms with Gasteiger partial charge in [0.1, 0.15) is 0 Å². The van der Waals surface area contributed by atoms with Gasteiger partial charge in [-0.05, 0) is 19.3 Å². The predicted molar refractivity (Wildman–Crippen MR) is 77.2 cm³/mol. The van der Waals surface area contributed by atoms with Crippen LogP contribution in [0, 0.1) is 0 Å². The average molecular weight is 285 g/mol. The number of anilines is 2. The fraction of sp³-hybridized carbons (Fsp3) is 0.700. The number of thiocarbonyl (C=S) groups is 1. The van der Waals surface area contributed by atoms with Crippen LogP contribution in [0.5, 0.6) is 0 Å². The molecule has 19 heavy (non-hydrogen) atoms. The van der Waals surface area contributed by atoms with Crippen molar-refractivity contribution in [3.8, 4) is 0 Å². The second kappa shape index (κ2) is 6.13. The van der Waals surface area contributed by atoms with Gasteiger partial charge in [0.2, 0.25) is 11.9 Å². The molecule has 1 aromatic heterocycles. The molecule has 0 aliphatic carbocycles. The third kappa shape index (κ3) is 3.31. The molecular weight excluding hydrogens is 266 g/mol. The Morgan fingerprint density at radius 3 is 2.74 bits per heavy atom. The third-order valence-electron chi connectivity index (χ3n) is 2.99. The summed E-state index contributed by atoms with van der Waals surface area (Å²) < 4.78 is 1.39. The molecule has 1 fully saturated rings. The van der Waals surface area contributed by atoms with Gasteiger partial charge in [0, 0.05) is 32.7 Å². The number of aliphatic hydroxyl groups is 1. The van der Waals surface area contributed by atoms with Crippen LogP contribution in [-0.2, 0) is 0 Å². The lowest BCUT2D eigenvalue weighted by molar-refractivity contribution is 0.300. The Morgan fingerprint density at radius 1 is 1.42 bits per heavy atom. The summed E-state index contributed by atoms with van der Waals surface area (Å²) in [7, 11) is 2.09. The fourth-order valence-corrected chi connectivity index (χ4v) is 2.08. The molecule has 0 aromatic carbocycles. The van der Waals surface area contributed by atoms with E-state index in [1.165, 1.54) is 4.68 Å². The second-order valence-corrected chi connectivity index (χ2v) is 4.81. The molecule has 1 aliphatic heterocycles. The molecule has 1 aromatic rings. The van der Waals surface area contributed by atoms with Crippen LogP contribution in [0.1, 0.15) is 0 Å².